The van der Waals surface area contributed by atoms with Gasteiger partial charge in [-0.3, -0.25) is 9.59 Å². The van der Waals surface area contributed by atoms with Crippen molar-refractivity contribution in [2.24, 2.45) is 0 Å². The van der Waals surface area contributed by atoms with Crippen LogP contribution in [0.5, 0.6) is 0 Å². The van der Waals surface area contributed by atoms with Crippen LogP contribution in [-0.4, -0.2) is 89.0 Å². The minimum Gasteiger partial charge on any atom is -0.462 e. The topological polar surface area (TPSA) is 152 Å². The molecule has 324 valence electrons. The summed E-state index contributed by atoms with van der Waals surface area (Å²) in [6, 6.07) is 0. The average Bonchev–Trinajstić information content (AvgIpc) is 3.19. The molecule has 1 aliphatic heterocycles. The molecule has 10 nitrogen and oxygen atoms in total. The summed E-state index contributed by atoms with van der Waals surface area (Å²) >= 11 is 0. The molecule has 6 unspecified atom stereocenters. The van der Waals surface area contributed by atoms with Gasteiger partial charge in [0.1, 0.15) is 31.0 Å². The number of allylic oxidation sites excluding steroid dienone is 8. The van der Waals surface area contributed by atoms with Gasteiger partial charge in [-0.2, -0.15) is 0 Å². The van der Waals surface area contributed by atoms with E-state index < -0.39 is 55.4 Å². The monoisotopic (exact) mass is 793 g/mol. The molecule has 0 aromatic carbocycles. The minimum atomic E-state index is -1.60. The fourth-order valence-corrected chi connectivity index (χ4v) is 6.37. The lowest BCUT2D eigenvalue weighted by Gasteiger charge is -2.39. The highest BCUT2D eigenvalue weighted by atomic mass is 16.7. The summed E-state index contributed by atoms with van der Waals surface area (Å²) in [6.07, 6.45) is 35.4. The molecule has 0 bridgehead atoms. The number of hydrogen-bond donors (Lipinski definition) is 4. The summed E-state index contributed by atoms with van der Waals surface area (Å²) < 4.78 is 22.1. The first kappa shape index (κ1) is 51.7. The lowest BCUT2D eigenvalue weighted by Crippen LogP contribution is -2.59. The number of ether oxygens (including phenoxy) is 4. The van der Waals surface area contributed by atoms with Gasteiger partial charge in [0.25, 0.3) is 0 Å². The molecule has 1 fully saturated rings. The zero-order chi connectivity index (χ0) is 40.9. The Bertz CT molecular complexity index is 1050. The van der Waals surface area contributed by atoms with Gasteiger partial charge in [-0.15, -0.1) is 0 Å². The zero-order valence-electron chi connectivity index (χ0n) is 35.1. The number of unbranched alkanes of at least 4 members (excludes halogenated alkanes) is 17. The van der Waals surface area contributed by atoms with Gasteiger partial charge >= 0.3 is 11.9 Å². The highest BCUT2D eigenvalue weighted by molar-refractivity contribution is 5.70. The predicted molar refractivity (Wildman–Crippen MR) is 224 cm³/mol. The first-order valence-electron chi connectivity index (χ1n) is 22.2. The summed E-state index contributed by atoms with van der Waals surface area (Å²) in [6.45, 7) is 3.31. The van der Waals surface area contributed by atoms with Crippen LogP contribution < -0.4 is 0 Å². The van der Waals surface area contributed by atoms with E-state index in [0.717, 1.165) is 77.0 Å². The van der Waals surface area contributed by atoms with Gasteiger partial charge in [0.2, 0.25) is 0 Å². The van der Waals surface area contributed by atoms with E-state index in [0.29, 0.717) is 12.8 Å². The van der Waals surface area contributed by atoms with Crippen LogP contribution in [0.3, 0.4) is 0 Å². The Balaban J connectivity index is 2.35. The third kappa shape index (κ3) is 28.1. The number of aliphatic hydroxyl groups excluding tert-OH is 4. The largest absolute Gasteiger partial charge is 0.462 e. The molecule has 0 aromatic heterocycles. The fraction of sp³-hybridized carbons (Fsp3) is 0.783. The van der Waals surface area contributed by atoms with Crippen molar-refractivity contribution in [3.8, 4) is 0 Å². The molecule has 0 saturated carbocycles. The molecule has 1 rings (SSSR count). The number of carbonyl (C=O) groups excluding carboxylic acids is 2. The second-order valence-corrected chi connectivity index (χ2v) is 15.1. The molecule has 56 heavy (non-hydrogen) atoms. The summed E-state index contributed by atoms with van der Waals surface area (Å²) in [7, 11) is 0. The number of hydrogen-bond acceptors (Lipinski definition) is 10. The molecule has 0 spiro atoms. The molecule has 10 heteroatoms. The average molecular weight is 793 g/mol. The molecule has 6 atom stereocenters. The molecule has 1 heterocycles. The van der Waals surface area contributed by atoms with Crippen molar-refractivity contribution < 1.29 is 49.0 Å². The minimum absolute atomic E-state index is 0.217. The van der Waals surface area contributed by atoms with Crippen LogP contribution in [0.1, 0.15) is 174 Å². The molecule has 0 amide bonds. The molecule has 0 aliphatic carbocycles. The third-order valence-electron chi connectivity index (χ3n) is 9.92. The highest BCUT2D eigenvalue weighted by Crippen LogP contribution is 2.22. The Morgan fingerprint density at radius 3 is 1.55 bits per heavy atom. The van der Waals surface area contributed by atoms with E-state index >= 15 is 0 Å². The Labute approximate surface area is 339 Å². The van der Waals surface area contributed by atoms with Crippen LogP contribution in [0.4, 0.5) is 0 Å². The summed E-state index contributed by atoms with van der Waals surface area (Å²) in [5, 5.41) is 40.0. The normalized spacial score (nSPS) is 20.9. The quantitative estimate of drug-likeness (QED) is 0.0275. The number of esters is 2. The van der Waals surface area contributed by atoms with E-state index in [1.807, 2.05) is 0 Å². The number of rotatable bonds is 36. The van der Waals surface area contributed by atoms with Crippen molar-refractivity contribution in [3.05, 3.63) is 48.6 Å². The van der Waals surface area contributed by atoms with Gasteiger partial charge in [-0.25, -0.2) is 0 Å². The Kier molecular flexibility index (Phi) is 34.1. The second-order valence-electron chi connectivity index (χ2n) is 15.1. The fourth-order valence-electron chi connectivity index (χ4n) is 6.37. The van der Waals surface area contributed by atoms with E-state index in [1.165, 1.54) is 57.8 Å². The van der Waals surface area contributed by atoms with Crippen LogP contribution in [0.25, 0.3) is 0 Å². The summed E-state index contributed by atoms with van der Waals surface area (Å²) in [5.41, 5.74) is 0. The number of aliphatic hydroxyl groups is 4. The van der Waals surface area contributed by atoms with Crippen molar-refractivity contribution >= 4 is 11.9 Å². The molecule has 1 aliphatic rings. The Morgan fingerprint density at radius 2 is 1.04 bits per heavy atom. The van der Waals surface area contributed by atoms with E-state index in [2.05, 4.69) is 62.5 Å². The third-order valence-corrected chi connectivity index (χ3v) is 9.92. The van der Waals surface area contributed by atoms with Crippen LogP contribution >= 0.6 is 0 Å². The summed E-state index contributed by atoms with van der Waals surface area (Å²) in [4.78, 5) is 25.3. The van der Waals surface area contributed by atoms with Crippen molar-refractivity contribution in [1.82, 2.24) is 0 Å². The highest BCUT2D eigenvalue weighted by Gasteiger charge is 2.44. The maximum Gasteiger partial charge on any atom is 0.306 e. The predicted octanol–water partition coefficient (Wildman–Crippen LogP) is 9.28. The SMILES string of the molecule is CCC/C=C\C/C=C\CCCCCCCC(=O)OCC(COC1OC(CO)C(O)C(O)C1O)OC(=O)CCCCCCCCC/C=C\C/C=C\CCCCCC. The van der Waals surface area contributed by atoms with E-state index in [9.17, 15) is 30.0 Å². The maximum absolute atomic E-state index is 12.8. The van der Waals surface area contributed by atoms with Gasteiger partial charge < -0.3 is 39.4 Å². The first-order valence-corrected chi connectivity index (χ1v) is 22.2. The molecule has 1 saturated heterocycles. The maximum atomic E-state index is 12.8. The first-order chi connectivity index (χ1) is 27.3. The van der Waals surface area contributed by atoms with Crippen molar-refractivity contribution in [1.29, 1.82) is 0 Å². The van der Waals surface area contributed by atoms with Crippen LogP contribution in [-0.2, 0) is 28.5 Å². The van der Waals surface area contributed by atoms with E-state index in [4.69, 9.17) is 18.9 Å². The molecular formula is C46H80O10. The van der Waals surface area contributed by atoms with Crippen LogP contribution in [0.15, 0.2) is 48.6 Å². The lowest BCUT2D eigenvalue weighted by molar-refractivity contribution is -0.305. The van der Waals surface area contributed by atoms with Gasteiger partial charge in [-0.1, -0.05) is 140 Å². The standard InChI is InChI=1S/C46H80O10/c1-3-5-7-9-11-13-15-17-18-19-20-21-23-25-27-29-31-33-35-42(49)55-39(38-54-46-45(52)44(51)43(50)40(36-47)56-46)37-53-41(48)34-32-30-28-26-24-22-16-14-12-10-8-6-4-2/h8,10,13-16,18-19,39-40,43-47,50-52H,3-7,9,11-12,17,20-38H2,1-2H3/b10-8-,15-13-,16-14-,19-18-. The van der Waals surface area contributed by atoms with Crippen molar-refractivity contribution in [3.63, 3.8) is 0 Å². The summed E-state index contributed by atoms with van der Waals surface area (Å²) in [5.74, 6) is -0.834. The van der Waals surface area contributed by atoms with Crippen molar-refractivity contribution in [2.45, 2.75) is 211 Å². The molecule has 4 N–H and O–H groups in total. The Hall–Kier alpha value is -2.34. The van der Waals surface area contributed by atoms with Gasteiger partial charge in [0.05, 0.1) is 13.2 Å². The van der Waals surface area contributed by atoms with Gasteiger partial charge in [-0.05, 0) is 70.6 Å². The zero-order valence-corrected chi connectivity index (χ0v) is 35.1. The van der Waals surface area contributed by atoms with E-state index in [1.54, 1.807) is 0 Å². The number of carbonyl (C=O) groups is 2. The van der Waals surface area contributed by atoms with Crippen LogP contribution in [0.2, 0.25) is 0 Å². The van der Waals surface area contributed by atoms with Crippen molar-refractivity contribution in [2.75, 3.05) is 19.8 Å². The van der Waals surface area contributed by atoms with E-state index in [-0.39, 0.29) is 26.1 Å². The van der Waals surface area contributed by atoms with Crippen LogP contribution in [0, 0.1) is 0 Å². The smallest absolute Gasteiger partial charge is 0.306 e. The molecule has 0 radical (unpaired) electrons. The second kappa shape index (κ2) is 37.0. The van der Waals surface area contributed by atoms with Gasteiger partial charge in [0.15, 0.2) is 12.4 Å². The molecule has 0 aromatic rings. The molecular weight excluding hydrogens is 712 g/mol. The Morgan fingerprint density at radius 1 is 0.554 bits per heavy atom. The lowest BCUT2D eigenvalue weighted by atomic mass is 9.99. The van der Waals surface area contributed by atoms with Gasteiger partial charge in [0, 0.05) is 12.8 Å².